The molecule has 0 aromatic rings. The Labute approximate surface area is 88.6 Å². The molecule has 1 N–H and O–H groups in total. The van der Waals surface area contributed by atoms with Crippen molar-refractivity contribution in [3.8, 4) is 0 Å². The molecule has 0 saturated carbocycles. The van der Waals surface area contributed by atoms with E-state index in [9.17, 15) is 14.7 Å². The van der Waals surface area contributed by atoms with E-state index in [0.29, 0.717) is 12.8 Å². The van der Waals surface area contributed by atoms with Crippen molar-refractivity contribution in [1.82, 2.24) is 4.90 Å². The van der Waals surface area contributed by atoms with Crippen LogP contribution < -0.4 is 0 Å². The van der Waals surface area contributed by atoms with Gasteiger partial charge in [0.05, 0.1) is 24.5 Å². The molecule has 0 radical (unpaired) electrons. The second-order valence-corrected chi connectivity index (χ2v) is 4.29. The number of aliphatic hydroxyl groups excluding tert-OH is 1. The van der Waals surface area contributed by atoms with Gasteiger partial charge in [0.25, 0.3) is 0 Å². The number of β-amino-alcohol motifs (C(OH)–C–C–N with tert-alkyl or cyclic N) is 1. The fourth-order valence-electron chi connectivity index (χ4n) is 2.31. The average molecular weight is 209 g/mol. The number of allylic oxidation sites excluding steroid dienone is 2. The Morgan fingerprint density at radius 2 is 1.80 bits per heavy atom. The minimum atomic E-state index is -0.647. The van der Waals surface area contributed by atoms with Gasteiger partial charge < -0.3 is 5.11 Å². The van der Waals surface area contributed by atoms with Gasteiger partial charge in [-0.15, -0.1) is 0 Å². The van der Waals surface area contributed by atoms with Crippen LogP contribution in [0.5, 0.6) is 0 Å². The number of nitrogens with zero attached hydrogens (tertiary/aromatic N) is 1. The van der Waals surface area contributed by atoms with E-state index in [2.05, 4.69) is 0 Å². The summed E-state index contributed by atoms with van der Waals surface area (Å²) < 4.78 is 0. The summed E-state index contributed by atoms with van der Waals surface area (Å²) >= 11 is 0. The molecular weight excluding hydrogens is 194 g/mol. The van der Waals surface area contributed by atoms with Crippen LogP contribution in [0.4, 0.5) is 0 Å². The van der Waals surface area contributed by atoms with Gasteiger partial charge in [-0.3, -0.25) is 14.5 Å². The summed E-state index contributed by atoms with van der Waals surface area (Å²) in [6, 6.07) is 0. The standard InChI is InChI=1S/C11H15NO3/c1-7(13)6-12-10(14)8-4-2-3-5-9(8)11(12)15/h2-3,7-9,13H,4-6H2,1H3/t7-,8-,9-/m0/s1. The summed E-state index contributed by atoms with van der Waals surface area (Å²) in [5.41, 5.74) is 0. The lowest BCUT2D eigenvalue weighted by atomic mass is 9.85. The minimum Gasteiger partial charge on any atom is -0.392 e. The Balaban J connectivity index is 2.17. The number of aliphatic hydroxyl groups is 1. The highest BCUT2D eigenvalue weighted by Crippen LogP contribution is 2.34. The Morgan fingerprint density at radius 1 is 1.33 bits per heavy atom. The van der Waals surface area contributed by atoms with Gasteiger partial charge in [-0.2, -0.15) is 0 Å². The normalized spacial score (nSPS) is 32.0. The Kier molecular flexibility index (Phi) is 2.61. The van der Waals surface area contributed by atoms with Crippen LogP contribution in [0.25, 0.3) is 0 Å². The first-order valence-electron chi connectivity index (χ1n) is 5.29. The third-order valence-electron chi connectivity index (χ3n) is 3.05. The van der Waals surface area contributed by atoms with E-state index >= 15 is 0 Å². The van der Waals surface area contributed by atoms with Crippen molar-refractivity contribution >= 4 is 11.8 Å². The molecule has 82 valence electrons. The number of likely N-dealkylation sites (tertiary alicyclic amines) is 1. The van der Waals surface area contributed by atoms with Crippen molar-refractivity contribution in [3.05, 3.63) is 12.2 Å². The predicted molar refractivity (Wildman–Crippen MR) is 53.8 cm³/mol. The van der Waals surface area contributed by atoms with E-state index in [0.717, 1.165) is 0 Å². The van der Waals surface area contributed by atoms with E-state index < -0.39 is 6.10 Å². The molecule has 0 spiro atoms. The number of fused-ring (bicyclic) bond motifs is 1. The third kappa shape index (κ3) is 1.69. The van der Waals surface area contributed by atoms with Crippen LogP contribution in [0.3, 0.4) is 0 Å². The number of carbonyl (C=O) groups is 2. The first-order valence-corrected chi connectivity index (χ1v) is 5.29. The first kappa shape index (κ1) is 10.4. The molecule has 2 rings (SSSR count). The quantitative estimate of drug-likeness (QED) is 0.526. The number of imide groups is 1. The summed E-state index contributed by atoms with van der Waals surface area (Å²) in [5, 5.41) is 9.22. The predicted octanol–water partition coefficient (Wildman–Crippen LogP) is 0.318. The average Bonchev–Trinajstić information content (AvgIpc) is 2.44. The van der Waals surface area contributed by atoms with E-state index in [-0.39, 0.29) is 30.2 Å². The molecule has 0 bridgehead atoms. The Bertz CT molecular complexity index is 296. The smallest absolute Gasteiger partial charge is 0.233 e. The highest BCUT2D eigenvalue weighted by Gasteiger charge is 2.47. The molecule has 2 amide bonds. The molecule has 0 aromatic carbocycles. The lowest BCUT2D eigenvalue weighted by Gasteiger charge is -2.16. The van der Waals surface area contributed by atoms with Crippen molar-refractivity contribution in [2.45, 2.75) is 25.9 Å². The van der Waals surface area contributed by atoms with E-state index in [1.165, 1.54) is 4.90 Å². The van der Waals surface area contributed by atoms with Gasteiger partial charge in [-0.1, -0.05) is 12.2 Å². The summed E-state index contributed by atoms with van der Waals surface area (Å²) in [6.07, 6.45) is 4.58. The molecule has 1 fully saturated rings. The molecular formula is C11H15NO3. The van der Waals surface area contributed by atoms with Crippen molar-refractivity contribution < 1.29 is 14.7 Å². The fourth-order valence-corrected chi connectivity index (χ4v) is 2.31. The number of carbonyl (C=O) groups excluding carboxylic acids is 2. The molecule has 4 nitrogen and oxygen atoms in total. The number of hydrogen-bond donors (Lipinski definition) is 1. The third-order valence-corrected chi connectivity index (χ3v) is 3.05. The zero-order valence-electron chi connectivity index (χ0n) is 8.72. The first-order chi connectivity index (χ1) is 7.11. The van der Waals surface area contributed by atoms with E-state index in [1.54, 1.807) is 6.92 Å². The molecule has 1 heterocycles. The molecule has 3 atom stereocenters. The summed E-state index contributed by atoms with van der Waals surface area (Å²) in [6.45, 7) is 1.71. The largest absolute Gasteiger partial charge is 0.392 e. The van der Waals surface area contributed by atoms with Crippen molar-refractivity contribution in [2.75, 3.05) is 6.54 Å². The maximum atomic E-state index is 11.8. The number of amides is 2. The Morgan fingerprint density at radius 3 is 2.20 bits per heavy atom. The maximum Gasteiger partial charge on any atom is 0.233 e. The lowest BCUT2D eigenvalue weighted by Crippen LogP contribution is -2.36. The molecule has 1 aliphatic heterocycles. The second kappa shape index (κ2) is 3.77. The van der Waals surface area contributed by atoms with E-state index in [1.807, 2.05) is 12.2 Å². The molecule has 2 aliphatic rings. The minimum absolute atomic E-state index is 0.116. The highest BCUT2D eigenvalue weighted by atomic mass is 16.3. The molecule has 1 saturated heterocycles. The van der Waals surface area contributed by atoms with Crippen LogP contribution in [-0.4, -0.2) is 34.5 Å². The lowest BCUT2D eigenvalue weighted by molar-refractivity contribution is -0.141. The van der Waals surface area contributed by atoms with Crippen LogP contribution in [-0.2, 0) is 9.59 Å². The Hall–Kier alpha value is -1.16. The van der Waals surface area contributed by atoms with Crippen molar-refractivity contribution in [3.63, 3.8) is 0 Å². The zero-order chi connectivity index (χ0) is 11.0. The summed E-state index contributed by atoms with van der Waals surface area (Å²) in [4.78, 5) is 24.9. The molecule has 1 aliphatic carbocycles. The molecule has 0 unspecified atom stereocenters. The summed E-state index contributed by atoms with van der Waals surface area (Å²) in [7, 11) is 0. The topological polar surface area (TPSA) is 57.6 Å². The van der Waals surface area contributed by atoms with Gasteiger partial charge in [0.15, 0.2) is 0 Å². The van der Waals surface area contributed by atoms with Crippen LogP contribution in [0, 0.1) is 11.8 Å². The van der Waals surface area contributed by atoms with E-state index in [4.69, 9.17) is 0 Å². The van der Waals surface area contributed by atoms with Gasteiger partial charge in [0, 0.05) is 0 Å². The van der Waals surface area contributed by atoms with Gasteiger partial charge in [-0.25, -0.2) is 0 Å². The molecule has 4 heteroatoms. The van der Waals surface area contributed by atoms with Crippen LogP contribution in [0.1, 0.15) is 19.8 Å². The van der Waals surface area contributed by atoms with Gasteiger partial charge >= 0.3 is 0 Å². The maximum absolute atomic E-state index is 11.8. The monoisotopic (exact) mass is 209 g/mol. The van der Waals surface area contributed by atoms with Crippen molar-refractivity contribution in [1.29, 1.82) is 0 Å². The van der Waals surface area contributed by atoms with Crippen LogP contribution in [0.2, 0.25) is 0 Å². The van der Waals surface area contributed by atoms with Crippen LogP contribution >= 0.6 is 0 Å². The molecule has 0 aromatic heterocycles. The van der Waals surface area contributed by atoms with Gasteiger partial charge in [0.2, 0.25) is 11.8 Å². The SMILES string of the molecule is C[C@H](O)CN1C(=O)[C@H]2CC=CC[C@@H]2C1=O. The number of hydrogen-bond acceptors (Lipinski definition) is 3. The molecule has 15 heavy (non-hydrogen) atoms. The van der Waals surface area contributed by atoms with Gasteiger partial charge in [0.1, 0.15) is 0 Å². The van der Waals surface area contributed by atoms with Crippen molar-refractivity contribution in [2.24, 2.45) is 11.8 Å². The highest BCUT2D eigenvalue weighted by molar-refractivity contribution is 6.05. The van der Waals surface area contributed by atoms with Crippen LogP contribution in [0.15, 0.2) is 12.2 Å². The van der Waals surface area contributed by atoms with Gasteiger partial charge in [-0.05, 0) is 19.8 Å². The second-order valence-electron chi connectivity index (χ2n) is 4.29. The number of rotatable bonds is 2. The summed E-state index contributed by atoms with van der Waals surface area (Å²) in [5.74, 6) is -0.590. The fraction of sp³-hybridized carbons (Fsp3) is 0.636. The zero-order valence-corrected chi connectivity index (χ0v) is 8.72.